The van der Waals surface area contributed by atoms with Gasteiger partial charge < -0.3 is 0 Å². The average Bonchev–Trinajstić information content (AvgIpc) is 2.98. The Morgan fingerprint density at radius 2 is 1.41 bits per heavy atom. The summed E-state index contributed by atoms with van der Waals surface area (Å²) in [6.45, 7) is 14.0. The summed E-state index contributed by atoms with van der Waals surface area (Å²) in [6.07, 6.45) is 13.9. The number of hydrogen-bond donors (Lipinski definition) is 0. The second kappa shape index (κ2) is 6.36. The monoisotopic (exact) mass is 358 g/mol. The molecule has 0 bridgehead atoms. The first-order chi connectivity index (χ1) is 12.6. The van der Waals surface area contributed by atoms with Gasteiger partial charge in [-0.15, -0.1) is 0 Å². The van der Waals surface area contributed by atoms with E-state index in [1.807, 2.05) is 0 Å². The van der Waals surface area contributed by atoms with Gasteiger partial charge in [-0.05, 0) is 63.2 Å². The largest absolute Gasteiger partial charge is 0.0799 e. The van der Waals surface area contributed by atoms with Crippen LogP contribution in [-0.4, -0.2) is 0 Å². The second-order valence-corrected chi connectivity index (χ2v) is 10.7. The molecule has 1 fully saturated rings. The van der Waals surface area contributed by atoms with Gasteiger partial charge in [0, 0.05) is 0 Å². The van der Waals surface area contributed by atoms with Gasteiger partial charge in [0.2, 0.25) is 0 Å². The summed E-state index contributed by atoms with van der Waals surface area (Å²) in [6, 6.07) is 11.1. The molecule has 0 N–H and O–H groups in total. The molecule has 27 heavy (non-hydrogen) atoms. The molecule has 0 amide bonds. The first-order valence-electron chi connectivity index (χ1n) is 10.5. The quantitative estimate of drug-likeness (QED) is 0.488. The molecule has 0 nitrogen and oxygen atoms in total. The maximum atomic E-state index is 2.61. The molecule has 0 heterocycles. The molecule has 1 aromatic carbocycles. The zero-order valence-corrected chi connectivity index (χ0v) is 17.8. The topological polar surface area (TPSA) is 0 Å². The van der Waals surface area contributed by atoms with Crippen molar-refractivity contribution >= 4 is 5.57 Å². The molecule has 0 aromatic heterocycles. The third kappa shape index (κ3) is 3.40. The van der Waals surface area contributed by atoms with Crippen LogP contribution in [0.15, 0.2) is 71.9 Å². The summed E-state index contributed by atoms with van der Waals surface area (Å²) >= 11 is 0. The molecule has 0 radical (unpaired) electrons. The van der Waals surface area contributed by atoms with Gasteiger partial charge in [0.25, 0.3) is 0 Å². The lowest BCUT2D eigenvalue weighted by Crippen LogP contribution is -2.23. The third-order valence-electron chi connectivity index (χ3n) is 6.71. The predicted octanol–water partition coefficient (Wildman–Crippen LogP) is 7.47. The van der Waals surface area contributed by atoms with Crippen molar-refractivity contribution in [3.05, 3.63) is 77.4 Å². The van der Waals surface area contributed by atoms with E-state index in [1.54, 1.807) is 5.57 Å². The Morgan fingerprint density at radius 3 is 2.04 bits per heavy atom. The van der Waals surface area contributed by atoms with Crippen LogP contribution in [0.4, 0.5) is 0 Å². The molecule has 3 unspecified atom stereocenters. The maximum Gasteiger partial charge on any atom is -0.00239 e. The Hall–Kier alpha value is -1.82. The van der Waals surface area contributed by atoms with Crippen LogP contribution in [0.5, 0.6) is 0 Å². The van der Waals surface area contributed by atoms with Crippen LogP contribution in [0.3, 0.4) is 0 Å². The van der Waals surface area contributed by atoms with Gasteiger partial charge in [-0.1, -0.05) is 102 Å². The molecule has 0 aliphatic heterocycles. The van der Waals surface area contributed by atoms with Crippen LogP contribution in [0, 0.1) is 34.5 Å². The number of allylic oxidation sites excluding steroid dienone is 8. The Kier molecular flexibility index (Phi) is 4.37. The van der Waals surface area contributed by atoms with E-state index in [0.717, 1.165) is 0 Å². The highest BCUT2D eigenvalue weighted by molar-refractivity contribution is 5.73. The average molecular weight is 359 g/mol. The van der Waals surface area contributed by atoms with Crippen LogP contribution >= 0.6 is 0 Å². The summed E-state index contributed by atoms with van der Waals surface area (Å²) in [4.78, 5) is 0. The molecule has 4 atom stereocenters. The van der Waals surface area contributed by atoms with Crippen LogP contribution in [0.1, 0.15) is 53.5 Å². The van der Waals surface area contributed by atoms with Crippen LogP contribution in [-0.2, 0) is 0 Å². The van der Waals surface area contributed by atoms with E-state index in [2.05, 4.69) is 102 Å². The van der Waals surface area contributed by atoms with Crippen molar-refractivity contribution in [2.45, 2.75) is 48.0 Å². The van der Waals surface area contributed by atoms with Crippen molar-refractivity contribution in [3.8, 4) is 0 Å². The lowest BCUT2D eigenvalue weighted by Gasteiger charge is -2.35. The van der Waals surface area contributed by atoms with E-state index < -0.39 is 0 Å². The third-order valence-corrected chi connectivity index (χ3v) is 6.71. The van der Waals surface area contributed by atoms with Crippen LogP contribution < -0.4 is 0 Å². The predicted molar refractivity (Wildman–Crippen MR) is 117 cm³/mol. The fraction of sp³-hybridized carbons (Fsp3) is 0.481. The van der Waals surface area contributed by atoms with Crippen molar-refractivity contribution in [1.29, 1.82) is 0 Å². The Balaban J connectivity index is 1.77. The second-order valence-electron chi connectivity index (χ2n) is 10.7. The molecular formula is C27H34. The van der Waals surface area contributed by atoms with E-state index in [-0.39, 0.29) is 10.8 Å². The maximum absolute atomic E-state index is 2.61. The first kappa shape index (κ1) is 18.5. The highest BCUT2D eigenvalue weighted by Gasteiger charge is 2.45. The zero-order valence-electron chi connectivity index (χ0n) is 17.8. The van der Waals surface area contributed by atoms with Gasteiger partial charge in [-0.3, -0.25) is 0 Å². The Morgan fingerprint density at radius 1 is 0.778 bits per heavy atom. The summed E-state index contributed by atoms with van der Waals surface area (Å²) in [5.41, 5.74) is 6.40. The standard InChI is InChI=1S/C27H34/c1-26(2,3)21-12-13-23-19(15-21)14-20-16-22(27(4,5)6)17-24(25(20)23)18-10-8-7-9-11-18/h7-13,15-17,19-20,23,25H,14H2,1-6H3/t19-,20?,23?,25?/m0/s1. The number of hydrogen-bond acceptors (Lipinski definition) is 0. The van der Waals surface area contributed by atoms with Crippen molar-refractivity contribution in [3.63, 3.8) is 0 Å². The van der Waals surface area contributed by atoms with E-state index in [1.165, 1.54) is 23.1 Å². The smallest absolute Gasteiger partial charge is 0.00239 e. The lowest BCUT2D eigenvalue weighted by molar-refractivity contribution is 0.443. The Bertz CT molecular complexity index is 830. The minimum Gasteiger partial charge on any atom is -0.0799 e. The fourth-order valence-electron chi connectivity index (χ4n) is 5.14. The van der Waals surface area contributed by atoms with Crippen LogP contribution in [0.2, 0.25) is 0 Å². The van der Waals surface area contributed by atoms with Crippen LogP contribution in [0.25, 0.3) is 5.57 Å². The van der Waals surface area contributed by atoms with Crippen molar-refractivity contribution in [2.24, 2.45) is 34.5 Å². The molecular weight excluding hydrogens is 324 g/mol. The molecule has 1 aromatic rings. The van der Waals surface area contributed by atoms with Crippen molar-refractivity contribution in [1.82, 2.24) is 0 Å². The summed E-state index contributed by atoms with van der Waals surface area (Å²) < 4.78 is 0. The van der Waals surface area contributed by atoms with E-state index in [9.17, 15) is 0 Å². The minimum atomic E-state index is 0.195. The summed E-state index contributed by atoms with van der Waals surface area (Å²) in [5, 5.41) is 0. The van der Waals surface area contributed by atoms with E-state index in [0.29, 0.717) is 23.7 Å². The van der Waals surface area contributed by atoms with Gasteiger partial charge in [0.15, 0.2) is 0 Å². The molecule has 142 valence electrons. The lowest BCUT2D eigenvalue weighted by atomic mass is 9.70. The normalized spacial score (nSPS) is 30.2. The molecule has 4 rings (SSSR count). The van der Waals surface area contributed by atoms with Gasteiger partial charge in [-0.2, -0.15) is 0 Å². The highest BCUT2D eigenvalue weighted by atomic mass is 14.5. The molecule has 3 aliphatic carbocycles. The molecule has 0 saturated heterocycles. The number of rotatable bonds is 1. The van der Waals surface area contributed by atoms with Crippen molar-refractivity contribution < 1.29 is 0 Å². The fourth-order valence-corrected chi connectivity index (χ4v) is 5.14. The molecule has 3 aliphatic rings. The van der Waals surface area contributed by atoms with Gasteiger partial charge in [-0.25, -0.2) is 0 Å². The minimum absolute atomic E-state index is 0.195. The first-order valence-corrected chi connectivity index (χ1v) is 10.5. The molecule has 0 spiro atoms. The molecule has 0 heteroatoms. The summed E-state index contributed by atoms with van der Waals surface area (Å²) in [5.74, 6) is 2.55. The zero-order chi connectivity index (χ0) is 19.4. The number of fused-ring (bicyclic) bond motifs is 3. The van der Waals surface area contributed by atoms with E-state index >= 15 is 0 Å². The van der Waals surface area contributed by atoms with E-state index in [4.69, 9.17) is 0 Å². The van der Waals surface area contributed by atoms with Gasteiger partial charge >= 0.3 is 0 Å². The SMILES string of the molecule is CC(C)(C)C1=CC2C[C@H]3C=C(C(C)(C)C)C=CC3C2C(c2ccccc2)=C1. The van der Waals surface area contributed by atoms with Crippen molar-refractivity contribution in [2.75, 3.05) is 0 Å². The number of benzene rings is 1. The van der Waals surface area contributed by atoms with Gasteiger partial charge in [0.1, 0.15) is 0 Å². The molecule has 1 saturated carbocycles. The van der Waals surface area contributed by atoms with Gasteiger partial charge in [0.05, 0.1) is 0 Å². The summed E-state index contributed by atoms with van der Waals surface area (Å²) in [7, 11) is 0. The Labute approximate surface area is 165 Å². The highest BCUT2D eigenvalue weighted by Crippen LogP contribution is 2.55.